The van der Waals surface area contributed by atoms with Crippen molar-refractivity contribution in [2.24, 2.45) is 0 Å². The molecule has 3 rings (SSSR count). The van der Waals surface area contributed by atoms with Crippen molar-refractivity contribution in [2.75, 3.05) is 26.4 Å². The van der Waals surface area contributed by atoms with Gasteiger partial charge in [-0.15, -0.1) is 0 Å². The summed E-state index contributed by atoms with van der Waals surface area (Å²) in [5, 5.41) is 120. The summed E-state index contributed by atoms with van der Waals surface area (Å²) in [6.45, 7) is 1.62. The number of allylic oxidation sites excluding steroid dienone is 20. The molecule has 19 heteroatoms. The lowest BCUT2D eigenvalue weighted by molar-refractivity contribution is -0.379. The molecule has 3 saturated heterocycles. The summed E-state index contributed by atoms with van der Waals surface area (Å²) in [6, 6.07) is -0.902. The molecule has 3 aliphatic rings. The Morgan fingerprint density at radius 2 is 0.750 bits per heavy atom. The Bertz CT molecular complexity index is 2140. The molecule has 0 aliphatic carbocycles. The van der Waals surface area contributed by atoms with Gasteiger partial charge in [0.15, 0.2) is 18.9 Å². The third-order valence-corrected chi connectivity index (χ3v) is 16.6. The lowest BCUT2D eigenvalue weighted by Crippen LogP contribution is -2.66. The van der Waals surface area contributed by atoms with Crippen LogP contribution < -0.4 is 5.32 Å². The molecule has 526 valence electrons. The predicted octanol–water partition coefficient (Wildman–Crippen LogP) is 9.21. The number of aliphatic hydroxyl groups excluding tert-OH is 11. The number of unbranched alkanes of at least 4 members (excludes halogenated alkanes) is 15. The Morgan fingerprint density at radius 3 is 1.17 bits per heavy atom. The zero-order valence-electron chi connectivity index (χ0n) is 55.5. The minimum absolute atomic E-state index is 0.241. The van der Waals surface area contributed by atoms with Gasteiger partial charge >= 0.3 is 0 Å². The fourth-order valence-corrected chi connectivity index (χ4v) is 10.9. The Balaban J connectivity index is 1.35. The molecule has 92 heavy (non-hydrogen) atoms. The fourth-order valence-electron chi connectivity index (χ4n) is 10.9. The molecule has 0 aromatic heterocycles. The molecular weight excluding hydrogens is 1180 g/mol. The normalized spacial score (nSPS) is 28.5. The molecule has 17 unspecified atom stereocenters. The van der Waals surface area contributed by atoms with Crippen molar-refractivity contribution in [3.8, 4) is 0 Å². The summed E-state index contributed by atoms with van der Waals surface area (Å²) in [5.41, 5.74) is 0. The first-order valence-electron chi connectivity index (χ1n) is 34.8. The number of ether oxygens (including phenoxy) is 6. The van der Waals surface area contributed by atoms with Gasteiger partial charge in [0.05, 0.1) is 38.6 Å². The van der Waals surface area contributed by atoms with E-state index in [9.17, 15) is 61.0 Å². The van der Waals surface area contributed by atoms with E-state index in [2.05, 4.69) is 141 Å². The van der Waals surface area contributed by atoms with Gasteiger partial charge in [0.2, 0.25) is 5.91 Å². The van der Waals surface area contributed by atoms with E-state index >= 15 is 0 Å². The smallest absolute Gasteiger partial charge is 0.220 e. The van der Waals surface area contributed by atoms with Gasteiger partial charge in [0, 0.05) is 6.42 Å². The van der Waals surface area contributed by atoms with E-state index in [0.29, 0.717) is 12.8 Å². The molecule has 0 radical (unpaired) electrons. The zero-order valence-corrected chi connectivity index (χ0v) is 55.5. The highest BCUT2D eigenvalue weighted by atomic mass is 16.8. The predicted molar refractivity (Wildman–Crippen MR) is 360 cm³/mol. The van der Waals surface area contributed by atoms with E-state index in [4.69, 9.17) is 28.4 Å². The molecule has 1 amide bonds. The topological polar surface area (TPSA) is 307 Å². The summed E-state index contributed by atoms with van der Waals surface area (Å²) in [4.78, 5) is 13.4. The monoisotopic (exact) mass is 1300 g/mol. The van der Waals surface area contributed by atoms with Crippen molar-refractivity contribution in [2.45, 2.75) is 304 Å². The van der Waals surface area contributed by atoms with Crippen LogP contribution in [0.5, 0.6) is 0 Å². The molecule has 19 nitrogen and oxygen atoms in total. The third-order valence-electron chi connectivity index (χ3n) is 16.6. The van der Waals surface area contributed by atoms with Crippen molar-refractivity contribution in [3.63, 3.8) is 0 Å². The van der Waals surface area contributed by atoms with E-state index < -0.39 is 124 Å². The van der Waals surface area contributed by atoms with Crippen molar-refractivity contribution in [1.82, 2.24) is 5.32 Å². The van der Waals surface area contributed by atoms with Crippen LogP contribution in [-0.2, 0) is 33.2 Å². The first-order valence-corrected chi connectivity index (χ1v) is 34.8. The van der Waals surface area contributed by atoms with E-state index in [1.54, 1.807) is 0 Å². The fraction of sp³-hybridized carbons (Fsp3) is 0.712. The van der Waals surface area contributed by atoms with Crippen molar-refractivity contribution in [3.05, 3.63) is 122 Å². The van der Waals surface area contributed by atoms with E-state index in [1.165, 1.54) is 38.5 Å². The number of rotatable bonds is 51. The van der Waals surface area contributed by atoms with Crippen molar-refractivity contribution >= 4 is 5.91 Å². The number of carbonyl (C=O) groups excluding carboxylic acids is 1. The van der Waals surface area contributed by atoms with Gasteiger partial charge in [0.1, 0.15) is 73.2 Å². The van der Waals surface area contributed by atoms with Crippen LogP contribution in [0.25, 0.3) is 0 Å². The third kappa shape index (κ3) is 34.7. The first-order chi connectivity index (χ1) is 44.8. The molecule has 12 N–H and O–H groups in total. The van der Waals surface area contributed by atoms with E-state index in [-0.39, 0.29) is 18.9 Å². The highest BCUT2D eigenvalue weighted by Gasteiger charge is 2.53. The van der Waals surface area contributed by atoms with Gasteiger partial charge < -0.3 is 89.9 Å². The maximum Gasteiger partial charge on any atom is 0.220 e. The highest BCUT2D eigenvalue weighted by molar-refractivity contribution is 5.76. The molecule has 3 heterocycles. The number of carbonyl (C=O) groups is 1. The second-order valence-electron chi connectivity index (χ2n) is 24.3. The average Bonchev–Trinajstić information content (AvgIpc) is 0.799. The van der Waals surface area contributed by atoms with Gasteiger partial charge in [0.25, 0.3) is 0 Å². The zero-order chi connectivity index (χ0) is 66.8. The lowest BCUT2D eigenvalue weighted by Gasteiger charge is -2.48. The van der Waals surface area contributed by atoms with Crippen LogP contribution in [0, 0.1) is 0 Å². The number of nitrogens with one attached hydrogen (secondary N) is 1. The highest BCUT2D eigenvalue weighted by Crippen LogP contribution is 2.33. The van der Waals surface area contributed by atoms with Gasteiger partial charge in [-0.05, 0) is 89.9 Å². The van der Waals surface area contributed by atoms with Gasteiger partial charge in [-0.25, -0.2) is 0 Å². The Hall–Kier alpha value is -3.81. The molecule has 0 saturated carbocycles. The maximum absolute atomic E-state index is 13.4. The summed E-state index contributed by atoms with van der Waals surface area (Å²) >= 11 is 0. The molecule has 3 aliphatic heterocycles. The van der Waals surface area contributed by atoms with Crippen LogP contribution in [0.1, 0.15) is 200 Å². The standard InChI is InChI=1S/C73H121NO18/c1-3-5-7-9-11-13-15-16-17-18-19-20-21-22-23-24-25-26-27-28-29-30-31-32-33-34-35-36-37-38-39-40-41-43-45-47-49-51-61(79)74-56(57(78)50-48-46-44-42-14-12-10-8-6-4-2)55-87-71-67(85)64(82)69(59(53-76)89-71)92-73-68(86)65(83)70(60(54-77)90-73)91-72-66(84)63(81)62(80)58(52-75)88-72/h5,7,11,13,16-17,19-20,22-23,25-26,28-29,31-32,34-35,37-38,56-60,62-73,75-78,80-86H,3-4,6,8-10,12,14-15,18,21,24,27,30,33,36,39-55H2,1-2H3,(H,74,79)/b7-5-,13-11-,17-16-,20-19-,23-22-,26-25-,29-28-,32-31-,35-34-,38-37-. The summed E-state index contributed by atoms with van der Waals surface area (Å²) < 4.78 is 34.3. The summed E-state index contributed by atoms with van der Waals surface area (Å²) in [6.07, 6.45) is 45.9. The number of hydrogen-bond acceptors (Lipinski definition) is 18. The van der Waals surface area contributed by atoms with E-state index in [0.717, 1.165) is 128 Å². The first kappa shape index (κ1) is 82.4. The number of hydrogen-bond donors (Lipinski definition) is 12. The van der Waals surface area contributed by atoms with Crippen LogP contribution in [0.2, 0.25) is 0 Å². The summed E-state index contributed by atoms with van der Waals surface area (Å²) in [7, 11) is 0. The SMILES string of the molecule is CC/C=C\C/C=C\C/C=C\C/C=C\C/C=C\C/C=C\C/C=C\C/C=C\C/C=C\C/C=C\CCCCCCCCC(=O)NC(COC1OC(CO)C(OC2OC(CO)C(OC3OC(CO)C(O)C(O)C3O)C(O)C2O)C(O)C1O)C(O)CCCCCCCCCCCC. The minimum atomic E-state index is -1.98. The number of aliphatic hydroxyl groups is 11. The second-order valence-corrected chi connectivity index (χ2v) is 24.3. The quantitative estimate of drug-likeness (QED) is 0.0199. The largest absolute Gasteiger partial charge is 0.394 e. The maximum atomic E-state index is 13.4. The molecule has 3 fully saturated rings. The molecular formula is C73H121NO18. The van der Waals surface area contributed by atoms with Crippen LogP contribution in [0.4, 0.5) is 0 Å². The minimum Gasteiger partial charge on any atom is -0.394 e. The second kappa shape index (κ2) is 53.3. The molecule has 0 aromatic carbocycles. The summed E-state index contributed by atoms with van der Waals surface area (Å²) in [5.74, 6) is -0.265. The molecule has 17 atom stereocenters. The Labute approximate surface area is 550 Å². The van der Waals surface area contributed by atoms with Crippen LogP contribution in [0.15, 0.2) is 122 Å². The van der Waals surface area contributed by atoms with Crippen molar-refractivity contribution < 1.29 is 89.4 Å². The molecule has 0 bridgehead atoms. The van der Waals surface area contributed by atoms with Crippen LogP contribution in [0.3, 0.4) is 0 Å². The van der Waals surface area contributed by atoms with Gasteiger partial charge in [-0.1, -0.05) is 225 Å². The molecule has 0 aromatic rings. The molecule has 0 spiro atoms. The van der Waals surface area contributed by atoms with Crippen molar-refractivity contribution in [1.29, 1.82) is 0 Å². The number of amides is 1. The Kier molecular flexibility index (Phi) is 47.8. The van der Waals surface area contributed by atoms with Gasteiger partial charge in [-0.2, -0.15) is 0 Å². The van der Waals surface area contributed by atoms with Crippen LogP contribution in [-0.4, -0.2) is 193 Å². The van der Waals surface area contributed by atoms with E-state index in [1.807, 2.05) is 0 Å². The van der Waals surface area contributed by atoms with Gasteiger partial charge in [-0.3, -0.25) is 4.79 Å². The lowest BCUT2D eigenvalue weighted by atomic mass is 9.96. The Morgan fingerprint density at radius 1 is 0.402 bits per heavy atom. The van der Waals surface area contributed by atoms with Crippen LogP contribution >= 0.6 is 0 Å². The average molecular weight is 1300 g/mol.